The van der Waals surface area contributed by atoms with Crippen molar-refractivity contribution >= 4 is 22.8 Å². The average Bonchev–Trinajstić information content (AvgIpc) is 2.61. The van der Waals surface area contributed by atoms with Gasteiger partial charge in [0.15, 0.2) is 17.0 Å². The van der Waals surface area contributed by atoms with Crippen molar-refractivity contribution in [1.82, 2.24) is 18.7 Å². The molecule has 0 saturated heterocycles. The Morgan fingerprint density at radius 3 is 2.17 bits per heavy atom. The van der Waals surface area contributed by atoms with Crippen molar-refractivity contribution in [2.45, 2.75) is 5.38 Å². The molecule has 2 rings (SSSR count). The predicted molar refractivity (Wildman–Crippen MR) is 60.9 cm³/mol. The van der Waals surface area contributed by atoms with Gasteiger partial charge < -0.3 is 4.57 Å². The quantitative estimate of drug-likeness (QED) is 0.703. The summed E-state index contributed by atoms with van der Waals surface area (Å²) in [6, 6.07) is 0. The summed E-state index contributed by atoms with van der Waals surface area (Å²) >= 11 is 4.91. The smallest absolute Gasteiger partial charge is 0.319 e. The van der Waals surface area contributed by atoms with Crippen LogP contribution in [0.15, 0.2) is 9.59 Å². The third kappa shape index (κ3) is 1.56. The summed E-state index contributed by atoms with van der Waals surface area (Å²) < 4.78 is 28.9. The zero-order chi connectivity index (χ0) is 13.8. The highest BCUT2D eigenvalue weighted by molar-refractivity contribution is 6.21. The molecule has 9 heteroatoms. The van der Waals surface area contributed by atoms with Gasteiger partial charge in [-0.2, -0.15) is 8.78 Å². The molecule has 98 valence electrons. The third-order valence-corrected chi connectivity index (χ3v) is 2.90. The summed E-state index contributed by atoms with van der Waals surface area (Å²) in [5.74, 6) is -0.780. The number of imidazole rings is 1. The van der Waals surface area contributed by atoms with Crippen LogP contribution in [0, 0.1) is 0 Å². The number of hydrogen-bond donors (Lipinski definition) is 0. The zero-order valence-electron chi connectivity index (χ0n) is 9.74. The van der Waals surface area contributed by atoms with Crippen molar-refractivity contribution in [2.24, 2.45) is 21.1 Å². The van der Waals surface area contributed by atoms with E-state index in [2.05, 4.69) is 4.98 Å². The fourth-order valence-corrected chi connectivity index (χ4v) is 1.94. The highest BCUT2D eigenvalue weighted by atomic mass is 35.5. The SMILES string of the molecule is Cn1c(=O)c2c(nc(C(F)(F)Cl)n2C)n(C)c1=O. The van der Waals surface area contributed by atoms with E-state index in [1.807, 2.05) is 0 Å². The molecule has 6 nitrogen and oxygen atoms in total. The maximum Gasteiger partial charge on any atom is 0.380 e. The summed E-state index contributed by atoms with van der Waals surface area (Å²) in [6.45, 7) is 0. The molecule has 2 aromatic rings. The molecule has 0 saturated carbocycles. The number of aryl methyl sites for hydroxylation is 2. The number of alkyl halides is 3. The van der Waals surface area contributed by atoms with Gasteiger partial charge in [0.2, 0.25) is 0 Å². The van der Waals surface area contributed by atoms with Gasteiger partial charge in [-0.15, -0.1) is 0 Å². The van der Waals surface area contributed by atoms with Crippen LogP contribution in [0.25, 0.3) is 11.2 Å². The number of hydrogen-bond acceptors (Lipinski definition) is 3. The lowest BCUT2D eigenvalue weighted by atomic mass is 10.5. The van der Waals surface area contributed by atoms with Crippen LogP contribution in [0.4, 0.5) is 8.78 Å². The Labute approximate surface area is 104 Å². The summed E-state index contributed by atoms with van der Waals surface area (Å²) in [4.78, 5) is 27.1. The second kappa shape index (κ2) is 3.64. The lowest BCUT2D eigenvalue weighted by molar-refractivity contribution is 0.0818. The van der Waals surface area contributed by atoms with Gasteiger partial charge in [-0.25, -0.2) is 9.78 Å². The second-order valence-electron chi connectivity index (χ2n) is 3.87. The van der Waals surface area contributed by atoms with Crippen molar-refractivity contribution in [2.75, 3.05) is 0 Å². The third-order valence-electron chi connectivity index (χ3n) is 2.73. The lowest BCUT2D eigenvalue weighted by Crippen LogP contribution is -2.37. The topological polar surface area (TPSA) is 61.8 Å². The van der Waals surface area contributed by atoms with Crippen LogP contribution < -0.4 is 11.2 Å². The lowest BCUT2D eigenvalue weighted by Gasteiger charge is -2.06. The summed E-state index contributed by atoms with van der Waals surface area (Å²) in [7, 11) is 3.84. The second-order valence-corrected chi connectivity index (χ2v) is 4.34. The molecule has 0 spiro atoms. The Morgan fingerprint density at radius 2 is 1.67 bits per heavy atom. The van der Waals surface area contributed by atoms with E-state index < -0.39 is 22.5 Å². The van der Waals surface area contributed by atoms with E-state index in [1.165, 1.54) is 21.1 Å². The van der Waals surface area contributed by atoms with Crippen molar-refractivity contribution in [3.8, 4) is 0 Å². The van der Waals surface area contributed by atoms with Gasteiger partial charge in [0, 0.05) is 21.1 Å². The van der Waals surface area contributed by atoms with Crippen molar-refractivity contribution in [3.63, 3.8) is 0 Å². The van der Waals surface area contributed by atoms with Crippen molar-refractivity contribution in [1.29, 1.82) is 0 Å². The molecule has 0 aliphatic rings. The van der Waals surface area contributed by atoms with Crippen LogP contribution in [0.2, 0.25) is 0 Å². The number of halogens is 3. The monoisotopic (exact) mass is 278 g/mol. The van der Waals surface area contributed by atoms with Crippen molar-refractivity contribution in [3.05, 3.63) is 26.7 Å². The Bertz CT molecular complexity index is 753. The normalized spacial score (nSPS) is 12.3. The Hall–Kier alpha value is -1.70. The van der Waals surface area contributed by atoms with Crippen LogP contribution in [0.1, 0.15) is 5.82 Å². The van der Waals surface area contributed by atoms with E-state index >= 15 is 0 Å². The standard InChI is InChI=1S/C9H9ClF2N4O2/c1-14-4-5(13-7(14)9(10,11)12)15(2)8(18)16(3)6(4)17/h1-3H3. The predicted octanol–water partition coefficient (Wildman–Crippen LogP) is 0.259. The van der Waals surface area contributed by atoms with Gasteiger partial charge in [0.1, 0.15) is 0 Å². The van der Waals surface area contributed by atoms with Gasteiger partial charge in [-0.05, 0) is 11.6 Å². The molecule has 0 N–H and O–H groups in total. The molecule has 0 aliphatic carbocycles. The van der Waals surface area contributed by atoms with Gasteiger partial charge in [-0.3, -0.25) is 13.9 Å². The minimum absolute atomic E-state index is 0.102. The summed E-state index contributed by atoms with van der Waals surface area (Å²) in [5, 5.41) is -3.71. The fourth-order valence-electron chi connectivity index (χ4n) is 1.77. The summed E-state index contributed by atoms with van der Waals surface area (Å²) in [6.07, 6.45) is 0. The molecule has 0 aliphatic heterocycles. The van der Waals surface area contributed by atoms with Gasteiger partial charge >= 0.3 is 11.1 Å². The molecule has 0 radical (unpaired) electrons. The average molecular weight is 279 g/mol. The van der Waals surface area contributed by atoms with Gasteiger partial charge in [0.05, 0.1) is 0 Å². The maximum atomic E-state index is 13.1. The molecule has 0 aromatic carbocycles. The molecule has 2 heterocycles. The van der Waals surface area contributed by atoms with Crippen LogP contribution in [0.3, 0.4) is 0 Å². The molecule has 18 heavy (non-hydrogen) atoms. The number of aromatic nitrogens is 4. The fraction of sp³-hybridized carbons (Fsp3) is 0.444. The number of fused-ring (bicyclic) bond motifs is 1. The van der Waals surface area contributed by atoms with E-state index in [9.17, 15) is 18.4 Å². The van der Waals surface area contributed by atoms with E-state index in [4.69, 9.17) is 11.6 Å². The highest BCUT2D eigenvalue weighted by Gasteiger charge is 2.35. The molecule has 0 fully saturated rings. The minimum atomic E-state index is -3.71. The number of nitrogens with zero attached hydrogens (tertiary/aromatic N) is 4. The Morgan fingerprint density at radius 1 is 1.11 bits per heavy atom. The molecule has 2 aromatic heterocycles. The van der Waals surface area contributed by atoms with Gasteiger partial charge in [-0.1, -0.05) is 0 Å². The first-order valence-electron chi connectivity index (χ1n) is 4.86. The molecular weight excluding hydrogens is 270 g/mol. The maximum absolute atomic E-state index is 13.1. The first kappa shape index (κ1) is 12.7. The molecule has 0 bridgehead atoms. The van der Waals surface area contributed by atoms with E-state index in [1.54, 1.807) is 0 Å². The molecule has 0 unspecified atom stereocenters. The number of rotatable bonds is 1. The Balaban J connectivity index is 3.08. The summed E-state index contributed by atoms with van der Waals surface area (Å²) in [5.41, 5.74) is -1.57. The molecule has 0 atom stereocenters. The van der Waals surface area contributed by atoms with Crippen LogP contribution in [0.5, 0.6) is 0 Å². The Kier molecular flexibility index (Phi) is 2.58. The van der Waals surface area contributed by atoms with E-state index in [0.29, 0.717) is 0 Å². The highest BCUT2D eigenvalue weighted by Crippen LogP contribution is 2.32. The molecule has 0 amide bonds. The van der Waals surface area contributed by atoms with Crippen LogP contribution >= 0.6 is 11.6 Å². The van der Waals surface area contributed by atoms with Crippen molar-refractivity contribution < 1.29 is 8.78 Å². The van der Waals surface area contributed by atoms with E-state index in [-0.39, 0.29) is 11.2 Å². The molecular formula is C9H9ClF2N4O2. The van der Waals surface area contributed by atoms with Crippen LogP contribution in [-0.4, -0.2) is 18.7 Å². The van der Waals surface area contributed by atoms with E-state index in [0.717, 1.165) is 13.7 Å². The first-order chi connectivity index (χ1) is 8.16. The first-order valence-corrected chi connectivity index (χ1v) is 5.23. The van der Waals surface area contributed by atoms with Crippen LogP contribution in [-0.2, 0) is 26.5 Å². The largest absolute Gasteiger partial charge is 0.380 e. The van der Waals surface area contributed by atoms with Gasteiger partial charge in [0.25, 0.3) is 5.56 Å². The minimum Gasteiger partial charge on any atom is -0.319 e. The zero-order valence-corrected chi connectivity index (χ0v) is 10.5.